The highest BCUT2D eigenvalue weighted by molar-refractivity contribution is 5.96. The normalized spacial score (nSPS) is 11.1. The van der Waals surface area contributed by atoms with Gasteiger partial charge in [0.1, 0.15) is 11.6 Å². The van der Waals surface area contributed by atoms with Gasteiger partial charge >= 0.3 is 0 Å². The molecule has 0 radical (unpaired) electrons. The fourth-order valence-electron chi connectivity index (χ4n) is 3.31. The SMILES string of the molecule is Cc1nc(N(C)Cc2ccccc2)c2c(C)c(C)c(C)c(C)c2n1. The maximum atomic E-state index is 4.78. The molecular weight excluding hydrogens is 294 g/mol. The zero-order valence-corrected chi connectivity index (χ0v) is 15.4. The maximum absolute atomic E-state index is 4.78. The molecule has 3 nitrogen and oxygen atoms in total. The van der Waals surface area contributed by atoms with Crippen molar-refractivity contribution >= 4 is 16.7 Å². The molecule has 1 aromatic heterocycles. The third-order valence-electron chi connectivity index (χ3n) is 5.04. The van der Waals surface area contributed by atoms with E-state index in [1.807, 2.05) is 13.0 Å². The van der Waals surface area contributed by atoms with Crippen LogP contribution in [0.15, 0.2) is 30.3 Å². The molecule has 1 heterocycles. The van der Waals surface area contributed by atoms with Crippen molar-refractivity contribution in [1.29, 1.82) is 0 Å². The molecule has 0 saturated carbocycles. The molecule has 3 heteroatoms. The number of rotatable bonds is 3. The van der Waals surface area contributed by atoms with Crippen LogP contribution >= 0.6 is 0 Å². The summed E-state index contributed by atoms with van der Waals surface area (Å²) in [6.07, 6.45) is 0. The van der Waals surface area contributed by atoms with Gasteiger partial charge in [0.05, 0.1) is 5.52 Å². The quantitative estimate of drug-likeness (QED) is 0.694. The number of hydrogen-bond donors (Lipinski definition) is 0. The Kier molecular flexibility index (Phi) is 4.27. The predicted octanol–water partition coefficient (Wildman–Crippen LogP) is 4.81. The number of aryl methyl sites for hydroxylation is 3. The molecule has 0 amide bonds. The highest BCUT2D eigenvalue weighted by atomic mass is 15.2. The minimum atomic E-state index is 0.822. The number of aromatic nitrogens is 2. The average molecular weight is 319 g/mol. The minimum absolute atomic E-state index is 0.822. The lowest BCUT2D eigenvalue weighted by Crippen LogP contribution is -2.19. The highest BCUT2D eigenvalue weighted by Gasteiger charge is 2.17. The van der Waals surface area contributed by atoms with Crippen molar-refractivity contribution in [2.75, 3.05) is 11.9 Å². The molecule has 0 aliphatic carbocycles. The number of fused-ring (bicyclic) bond motifs is 1. The number of anilines is 1. The zero-order valence-electron chi connectivity index (χ0n) is 15.4. The van der Waals surface area contributed by atoms with Crippen molar-refractivity contribution in [2.45, 2.75) is 41.2 Å². The lowest BCUT2D eigenvalue weighted by molar-refractivity contribution is 0.889. The van der Waals surface area contributed by atoms with Crippen molar-refractivity contribution < 1.29 is 0 Å². The molecule has 0 aliphatic heterocycles. The molecular formula is C21H25N3. The van der Waals surface area contributed by atoms with Crippen molar-refractivity contribution in [3.05, 3.63) is 64.0 Å². The van der Waals surface area contributed by atoms with Gasteiger partial charge in [-0.3, -0.25) is 0 Å². The van der Waals surface area contributed by atoms with Crippen LogP contribution in [0.25, 0.3) is 10.9 Å². The zero-order chi connectivity index (χ0) is 17.4. The van der Waals surface area contributed by atoms with E-state index in [1.165, 1.54) is 33.2 Å². The first-order valence-corrected chi connectivity index (χ1v) is 8.40. The molecule has 0 spiro atoms. The topological polar surface area (TPSA) is 29.0 Å². The van der Waals surface area contributed by atoms with Crippen molar-refractivity contribution in [1.82, 2.24) is 9.97 Å². The standard InChI is InChI=1S/C21H25N3/c1-13-14(2)16(4)20-19(15(13)3)21(23-17(5)22-20)24(6)12-18-10-8-7-9-11-18/h7-11H,12H2,1-6H3. The molecule has 0 fully saturated rings. The summed E-state index contributed by atoms with van der Waals surface area (Å²) in [4.78, 5) is 11.8. The Morgan fingerprint density at radius 2 is 1.42 bits per heavy atom. The summed E-state index contributed by atoms with van der Waals surface area (Å²) in [5, 5.41) is 1.18. The van der Waals surface area contributed by atoms with E-state index >= 15 is 0 Å². The summed E-state index contributed by atoms with van der Waals surface area (Å²) in [6.45, 7) is 11.5. The van der Waals surface area contributed by atoms with E-state index < -0.39 is 0 Å². The van der Waals surface area contributed by atoms with Crippen LogP contribution < -0.4 is 4.90 Å². The van der Waals surface area contributed by atoms with E-state index in [0.29, 0.717) is 0 Å². The largest absolute Gasteiger partial charge is 0.355 e. The van der Waals surface area contributed by atoms with E-state index in [0.717, 1.165) is 23.7 Å². The molecule has 124 valence electrons. The van der Waals surface area contributed by atoms with Crippen LogP contribution in [0.5, 0.6) is 0 Å². The third kappa shape index (κ3) is 2.75. The second-order valence-corrected chi connectivity index (χ2v) is 6.66. The number of nitrogens with zero attached hydrogens (tertiary/aromatic N) is 3. The van der Waals surface area contributed by atoms with Gasteiger partial charge in [0.25, 0.3) is 0 Å². The van der Waals surface area contributed by atoms with Crippen LogP contribution in [-0.2, 0) is 6.54 Å². The predicted molar refractivity (Wildman–Crippen MR) is 102 cm³/mol. The van der Waals surface area contributed by atoms with Gasteiger partial charge in [0.15, 0.2) is 0 Å². The summed E-state index contributed by atoms with van der Waals surface area (Å²) < 4.78 is 0. The van der Waals surface area contributed by atoms with Gasteiger partial charge in [-0.15, -0.1) is 0 Å². The molecule has 3 aromatic rings. The molecule has 0 aliphatic rings. The summed E-state index contributed by atoms with van der Waals surface area (Å²) in [7, 11) is 2.11. The van der Waals surface area contributed by atoms with E-state index in [-0.39, 0.29) is 0 Å². The fourth-order valence-corrected chi connectivity index (χ4v) is 3.31. The third-order valence-corrected chi connectivity index (χ3v) is 5.04. The number of hydrogen-bond acceptors (Lipinski definition) is 3. The van der Waals surface area contributed by atoms with Crippen LogP contribution in [0.2, 0.25) is 0 Å². The molecule has 0 bridgehead atoms. The van der Waals surface area contributed by atoms with Gasteiger partial charge in [-0.25, -0.2) is 9.97 Å². The van der Waals surface area contributed by atoms with Crippen molar-refractivity contribution in [3.63, 3.8) is 0 Å². The maximum Gasteiger partial charge on any atom is 0.140 e. The first kappa shape index (κ1) is 16.4. The molecule has 0 saturated heterocycles. The second kappa shape index (κ2) is 6.23. The minimum Gasteiger partial charge on any atom is -0.355 e. The Balaban J connectivity index is 2.20. The van der Waals surface area contributed by atoms with Gasteiger partial charge in [0, 0.05) is 19.0 Å². The van der Waals surface area contributed by atoms with E-state index in [9.17, 15) is 0 Å². The van der Waals surface area contributed by atoms with Gasteiger partial charge in [-0.2, -0.15) is 0 Å². The molecule has 3 rings (SSSR count). The monoisotopic (exact) mass is 319 g/mol. The van der Waals surface area contributed by atoms with Gasteiger partial charge in [-0.1, -0.05) is 30.3 Å². The summed E-state index contributed by atoms with van der Waals surface area (Å²) >= 11 is 0. The Morgan fingerprint density at radius 1 is 0.792 bits per heavy atom. The van der Waals surface area contributed by atoms with Crippen molar-refractivity contribution in [2.24, 2.45) is 0 Å². The van der Waals surface area contributed by atoms with Crippen LogP contribution in [0.4, 0.5) is 5.82 Å². The van der Waals surface area contributed by atoms with E-state index in [4.69, 9.17) is 9.97 Å². The second-order valence-electron chi connectivity index (χ2n) is 6.66. The van der Waals surface area contributed by atoms with Gasteiger partial charge in [0.2, 0.25) is 0 Å². The first-order valence-electron chi connectivity index (χ1n) is 8.40. The van der Waals surface area contributed by atoms with Crippen molar-refractivity contribution in [3.8, 4) is 0 Å². The summed E-state index contributed by atoms with van der Waals surface area (Å²) in [5.74, 6) is 1.84. The summed E-state index contributed by atoms with van der Waals surface area (Å²) in [6, 6.07) is 10.5. The first-order chi connectivity index (χ1) is 11.4. The van der Waals surface area contributed by atoms with E-state index in [1.54, 1.807) is 0 Å². The highest BCUT2D eigenvalue weighted by Crippen LogP contribution is 2.33. The lowest BCUT2D eigenvalue weighted by atomic mass is 9.94. The number of benzene rings is 2. The van der Waals surface area contributed by atoms with Crippen LogP contribution in [0, 0.1) is 34.6 Å². The average Bonchev–Trinajstić information content (AvgIpc) is 2.58. The Hall–Kier alpha value is -2.42. The smallest absolute Gasteiger partial charge is 0.140 e. The molecule has 24 heavy (non-hydrogen) atoms. The van der Waals surface area contributed by atoms with Crippen LogP contribution in [-0.4, -0.2) is 17.0 Å². The van der Waals surface area contributed by atoms with Gasteiger partial charge < -0.3 is 4.90 Å². The van der Waals surface area contributed by atoms with Gasteiger partial charge in [-0.05, 0) is 62.4 Å². The molecule has 0 N–H and O–H groups in total. The van der Waals surface area contributed by atoms with Crippen LogP contribution in [0.1, 0.15) is 33.6 Å². The fraction of sp³-hybridized carbons (Fsp3) is 0.333. The lowest BCUT2D eigenvalue weighted by Gasteiger charge is -2.23. The Bertz CT molecular complexity index is 898. The Labute approximate surface area is 144 Å². The van der Waals surface area contributed by atoms with E-state index in [2.05, 4.69) is 63.9 Å². The summed E-state index contributed by atoms with van der Waals surface area (Å²) in [5.41, 5.74) is 7.56. The Morgan fingerprint density at radius 3 is 2.08 bits per heavy atom. The molecule has 2 aromatic carbocycles. The molecule has 0 unspecified atom stereocenters. The van der Waals surface area contributed by atoms with Crippen LogP contribution in [0.3, 0.4) is 0 Å². The molecule has 0 atom stereocenters.